The Morgan fingerprint density at radius 2 is 2.29 bits per heavy atom. The van der Waals surface area contributed by atoms with E-state index in [1.807, 2.05) is 12.1 Å². The predicted octanol–water partition coefficient (Wildman–Crippen LogP) is 1.41. The van der Waals surface area contributed by atoms with Crippen LogP contribution >= 0.6 is 11.6 Å². The molecule has 2 rings (SSSR count). The molecular formula is C9H8ClN3O. The number of halogens is 1. The first-order valence-electron chi connectivity index (χ1n) is 4.07. The Balaban J connectivity index is 2.39. The quantitative estimate of drug-likeness (QED) is 0.814. The second kappa shape index (κ2) is 3.77. The summed E-state index contributed by atoms with van der Waals surface area (Å²) in [4.78, 5) is 3.90. The number of benzene rings is 1. The summed E-state index contributed by atoms with van der Waals surface area (Å²) in [5.41, 5.74) is 0.824. The van der Waals surface area contributed by atoms with Crippen molar-refractivity contribution in [3.05, 3.63) is 41.4 Å². The van der Waals surface area contributed by atoms with Crippen molar-refractivity contribution in [3.63, 3.8) is 0 Å². The summed E-state index contributed by atoms with van der Waals surface area (Å²) in [6.45, 7) is -0.159. The number of nitrogens with zero attached hydrogens (tertiary/aromatic N) is 3. The summed E-state index contributed by atoms with van der Waals surface area (Å²) in [7, 11) is 0. The van der Waals surface area contributed by atoms with Crippen LogP contribution in [-0.2, 0) is 6.61 Å². The Hall–Kier alpha value is -1.39. The maximum atomic E-state index is 8.79. The SMILES string of the molecule is OCc1ncn(-c2cccc(Cl)c2)n1. The van der Waals surface area contributed by atoms with Crippen LogP contribution in [0.5, 0.6) is 0 Å². The molecule has 0 saturated carbocycles. The summed E-state index contributed by atoms with van der Waals surface area (Å²) < 4.78 is 1.57. The van der Waals surface area contributed by atoms with Crippen molar-refractivity contribution >= 4 is 11.6 Å². The number of aromatic nitrogens is 3. The molecule has 1 heterocycles. The first-order chi connectivity index (χ1) is 6.79. The van der Waals surface area contributed by atoms with Gasteiger partial charge < -0.3 is 5.11 Å². The highest BCUT2D eigenvalue weighted by atomic mass is 35.5. The van der Waals surface area contributed by atoms with Crippen LogP contribution in [0, 0.1) is 0 Å². The largest absolute Gasteiger partial charge is 0.388 e. The maximum absolute atomic E-state index is 8.79. The first kappa shape index (κ1) is 9.18. The molecule has 2 aromatic rings. The van der Waals surface area contributed by atoms with E-state index in [1.54, 1.807) is 16.8 Å². The zero-order valence-corrected chi connectivity index (χ0v) is 8.02. The van der Waals surface area contributed by atoms with Crippen LogP contribution in [0.1, 0.15) is 5.82 Å². The molecule has 0 aliphatic rings. The lowest BCUT2D eigenvalue weighted by Crippen LogP contribution is -1.95. The van der Waals surface area contributed by atoms with Crippen molar-refractivity contribution < 1.29 is 5.11 Å². The highest BCUT2D eigenvalue weighted by Crippen LogP contribution is 2.13. The molecule has 0 aliphatic heterocycles. The second-order valence-electron chi connectivity index (χ2n) is 2.74. The van der Waals surface area contributed by atoms with E-state index in [4.69, 9.17) is 16.7 Å². The molecule has 0 radical (unpaired) electrons. The lowest BCUT2D eigenvalue weighted by Gasteiger charge is -1.99. The van der Waals surface area contributed by atoms with Gasteiger partial charge in [-0.25, -0.2) is 9.67 Å². The van der Waals surface area contributed by atoms with E-state index in [-0.39, 0.29) is 6.61 Å². The molecule has 0 bridgehead atoms. The number of aliphatic hydroxyl groups excluding tert-OH is 1. The van der Waals surface area contributed by atoms with Crippen molar-refractivity contribution in [2.24, 2.45) is 0 Å². The predicted molar refractivity (Wildman–Crippen MR) is 52.3 cm³/mol. The first-order valence-corrected chi connectivity index (χ1v) is 4.45. The van der Waals surface area contributed by atoms with Gasteiger partial charge in [0.2, 0.25) is 0 Å². The molecule has 4 nitrogen and oxygen atoms in total. The van der Waals surface area contributed by atoms with E-state index >= 15 is 0 Å². The summed E-state index contributed by atoms with van der Waals surface area (Å²) in [5.74, 6) is 0.393. The van der Waals surface area contributed by atoms with Gasteiger partial charge in [-0.2, -0.15) is 0 Å². The molecular weight excluding hydrogens is 202 g/mol. The Morgan fingerprint density at radius 3 is 2.93 bits per heavy atom. The van der Waals surface area contributed by atoms with E-state index in [0.717, 1.165) is 5.69 Å². The minimum atomic E-state index is -0.159. The third-order valence-electron chi connectivity index (χ3n) is 1.75. The fraction of sp³-hybridized carbons (Fsp3) is 0.111. The average molecular weight is 210 g/mol. The van der Waals surface area contributed by atoms with Crippen LogP contribution in [0.3, 0.4) is 0 Å². The zero-order chi connectivity index (χ0) is 9.97. The summed E-state index contributed by atoms with van der Waals surface area (Å²) in [6, 6.07) is 7.26. The van der Waals surface area contributed by atoms with Gasteiger partial charge in [0.1, 0.15) is 12.9 Å². The molecule has 0 spiro atoms. The molecule has 0 amide bonds. The van der Waals surface area contributed by atoms with Crippen molar-refractivity contribution in [3.8, 4) is 5.69 Å². The number of aliphatic hydroxyl groups is 1. The average Bonchev–Trinajstić information content (AvgIpc) is 2.66. The van der Waals surface area contributed by atoms with Gasteiger partial charge in [0.15, 0.2) is 5.82 Å². The van der Waals surface area contributed by atoms with E-state index in [0.29, 0.717) is 10.8 Å². The van der Waals surface area contributed by atoms with Crippen LogP contribution in [0.2, 0.25) is 5.02 Å². The van der Waals surface area contributed by atoms with Crippen LogP contribution in [0.4, 0.5) is 0 Å². The molecule has 0 fully saturated rings. The standard InChI is InChI=1S/C9H8ClN3O/c10-7-2-1-3-8(4-7)13-6-11-9(5-14)12-13/h1-4,6,14H,5H2. The van der Waals surface area contributed by atoms with Gasteiger partial charge in [-0.3, -0.25) is 0 Å². The second-order valence-corrected chi connectivity index (χ2v) is 3.18. The van der Waals surface area contributed by atoms with Gasteiger partial charge in [-0.1, -0.05) is 17.7 Å². The van der Waals surface area contributed by atoms with Crippen molar-refractivity contribution in [2.75, 3.05) is 0 Å². The van der Waals surface area contributed by atoms with Crippen molar-refractivity contribution in [1.29, 1.82) is 0 Å². The van der Waals surface area contributed by atoms with Gasteiger partial charge in [0.05, 0.1) is 5.69 Å². The summed E-state index contributed by atoms with van der Waals surface area (Å²) >= 11 is 5.82. The number of hydrogen-bond acceptors (Lipinski definition) is 3. The van der Waals surface area contributed by atoms with Crippen LogP contribution in [-0.4, -0.2) is 19.9 Å². The Labute approximate surface area is 85.8 Å². The fourth-order valence-electron chi connectivity index (χ4n) is 1.11. The Kier molecular flexibility index (Phi) is 2.47. The molecule has 1 N–H and O–H groups in total. The Morgan fingerprint density at radius 1 is 1.43 bits per heavy atom. The molecule has 72 valence electrons. The van der Waals surface area contributed by atoms with Crippen molar-refractivity contribution in [1.82, 2.24) is 14.8 Å². The molecule has 14 heavy (non-hydrogen) atoms. The van der Waals surface area contributed by atoms with Crippen molar-refractivity contribution in [2.45, 2.75) is 6.61 Å². The third-order valence-corrected chi connectivity index (χ3v) is 1.99. The molecule has 0 aliphatic carbocycles. The van der Waals surface area contributed by atoms with E-state index in [2.05, 4.69) is 10.1 Å². The molecule has 5 heteroatoms. The van der Waals surface area contributed by atoms with Gasteiger partial charge in [0, 0.05) is 5.02 Å². The molecule has 0 saturated heterocycles. The molecule has 1 aromatic heterocycles. The zero-order valence-electron chi connectivity index (χ0n) is 7.26. The molecule has 0 atom stereocenters. The van der Waals surface area contributed by atoms with E-state index < -0.39 is 0 Å². The Bertz CT molecular complexity index is 441. The molecule has 0 unspecified atom stereocenters. The van der Waals surface area contributed by atoms with Crippen LogP contribution < -0.4 is 0 Å². The topological polar surface area (TPSA) is 50.9 Å². The minimum Gasteiger partial charge on any atom is -0.388 e. The monoisotopic (exact) mass is 209 g/mol. The highest BCUT2D eigenvalue weighted by Gasteiger charge is 2.01. The summed E-state index contributed by atoms with van der Waals surface area (Å²) in [5, 5.41) is 13.5. The fourth-order valence-corrected chi connectivity index (χ4v) is 1.30. The lowest BCUT2D eigenvalue weighted by molar-refractivity contribution is 0.271. The lowest BCUT2D eigenvalue weighted by atomic mass is 10.3. The van der Waals surface area contributed by atoms with E-state index in [9.17, 15) is 0 Å². The van der Waals surface area contributed by atoms with Gasteiger partial charge in [-0.15, -0.1) is 5.10 Å². The van der Waals surface area contributed by atoms with Crippen LogP contribution in [0.15, 0.2) is 30.6 Å². The van der Waals surface area contributed by atoms with Crippen LogP contribution in [0.25, 0.3) is 5.69 Å². The van der Waals surface area contributed by atoms with Gasteiger partial charge >= 0.3 is 0 Å². The third kappa shape index (κ3) is 1.76. The smallest absolute Gasteiger partial charge is 0.176 e. The highest BCUT2D eigenvalue weighted by molar-refractivity contribution is 6.30. The number of rotatable bonds is 2. The summed E-state index contributed by atoms with van der Waals surface area (Å²) in [6.07, 6.45) is 1.54. The number of hydrogen-bond donors (Lipinski definition) is 1. The maximum Gasteiger partial charge on any atom is 0.176 e. The molecule has 1 aromatic carbocycles. The normalized spacial score (nSPS) is 10.4. The van der Waals surface area contributed by atoms with Gasteiger partial charge in [-0.05, 0) is 18.2 Å². The van der Waals surface area contributed by atoms with E-state index in [1.165, 1.54) is 6.33 Å². The van der Waals surface area contributed by atoms with Gasteiger partial charge in [0.25, 0.3) is 0 Å². The minimum absolute atomic E-state index is 0.159.